The number of piperazine rings is 1. The predicted molar refractivity (Wildman–Crippen MR) is 123 cm³/mol. The maximum Gasteiger partial charge on any atom is 0.344 e. The van der Waals surface area contributed by atoms with Gasteiger partial charge >= 0.3 is 5.63 Å². The molecule has 2 saturated heterocycles. The Bertz CT molecular complexity index is 1370. The van der Waals surface area contributed by atoms with E-state index in [1.165, 1.54) is 19.4 Å². The minimum atomic E-state index is -0.282. The molecule has 0 bridgehead atoms. The van der Waals surface area contributed by atoms with Gasteiger partial charge in [-0.05, 0) is 62.9 Å². The van der Waals surface area contributed by atoms with E-state index in [1.54, 1.807) is 0 Å². The summed E-state index contributed by atoms with van der Waals surface area (Å²) in [4.78, 5) is 22.5. The van der Waals surface area contributed by atoms with E-state index in [9.17, 15) is 4.79 Å². The largest absolute Gasteiger partial charge is 0.422 e. The SMILES string of the molecule is Cc1cn2cc(-c3cc4ccc(N5CCN6CCC[C@H]6C5)cc4c(=O)o3)cc2c(C)n1. The molecular formula is C25H26N4O2. The monoisotopic (exact) mass is 414 g/mol. The molecule has 6 rings (SSSR count). The highest BCUT2D eigenvalue weighted by molar-refractivity contribution is 5.87. The zero-order valence-corrected chi connectivity index (χ0v) is 18.0. The van der Waals surface area contributed by atoms with Crippen LogP contribution >= 0.6 is 0 Å². The summed E-state index contributed by atoms with van der Waals surface area (Å²) in [6, 6.07) is 10.8. The average Bonchev–Trinajstić information content (AvgIpc) is 3.40. The second-order valence-corrected chi connectivity index (χ2v) is 8.94. The Hall–Kier alpha value is -3.12. The van der Waals surface area contributed by atoms with Crippen LogP contribution in [0.5, 0.6) is 0 Å². The first-order chi connectivity index (χ1) is 15.0. The summed E-state index contributed by atoms with van der Waals surface area (Å²) >= 11 is 0. The maximum absolute atomic E-state index is 12.9. The normalized spacial score (nSPS) is 19.4. The standard InChI is InChI=1S/C25H26N4O2/c1-16-13-29-14-19(10-23(29)17(2)26-16)24-11-18-5-6-20(12-22(18)25(30)31-24)28-9-8-27-7-3-4-21(27)15-28/h5-6,10-14,21H,3-4,7-9,15H2,1-2H3/t21-/m0/s1. The van der Waals surface area contributed by atoms with Crippen molar-refractivity contribution in [2.24, 2.45) is 0 Å². The molecule has 0 unspecified atom stereocenters. The third-order valence-electron chi connectivity index (χ3n) is 6.87. The van der Waals surface area contributed by atoms with Crippen LogP contribution in [-0.2, 0) is 0 Å². The van der Waals surface area contributed by atoms with E-state index in [0.29, 0.717) is 17.2 Å². The molecule has 31 heavy (non-hydrogen) atoms. The van der Waals surface area contributed by atoms with Crippen LogP contribution in [0.25, 0.3) is 27.6 Å². The maximum atomic E-state index is 12.9. The summed E-state index contributed by atoms with van der Waals surface area (Å²) in [5.41, 5.74) is 4.65. The number of benzene rings is 1. The topological polar surface area (TPSA) is 54.0 Å². The van der Waals surface area contributed by atoms with Crippen LogP contribution in [0.2, 0.25) is 0 Å². The van der Waals surface area contributed by atoms with E-state index in [0.717, 1.165) is 53.2 Å². The van der Waals surface area contributed by atoms with Gasteiger partial charge in [-0.25, -0.2) is 4.79 Å². The highest BCUT2D eigenvalue weighted by atomic mass is 16.4. The quantitative estimate of drug-likeness (QED) is 0.496. The Morgan fingerprint density at radius 2 is 1.97 bits per heavy atom. The van der Waals surface area contributed by atoms with E-state index < -0.39 is 0 Å². The molecule has 6 heteroatoms. The lowest BCUT2D eigenvalue weighted by Gasteiger charge is -2.38. The zero-order valence-electron chi connectivity index (χ0n) is 18.0. The lowest BCUT2D eigenvalue weighted by Crippen LogP contribution is -2.50. The Morgan fingerprint density at radius 1 is 1.06 bits per heavy atom. The minimum absolute atomic E-state index is 0.282. The van der Waals surface area contributed by atoms with Crippen LogP contribution in [0.15, 0.2) is 51.9 Å². The van der Waals surface area contributed by atoms with Gasteiger partial charge in [-0.15, -0.1) is 0 Å². The van der Waals surface area contributed by atoms with Crippen LogP contribution in [0.1, 0.15) is 24.2 Å². The van der Waals surface area contributed by atoms with Crippen molar-refractivity contribution in [2.75, 3.05) is 31.1 Å². The molecule has 0 saturated carbocycles. The van der Waals surface area contributed by atoms with Gasteiger partial charge in [0.1, 0.15) is 5.76 Å². The van der Waals surface area contributed by atoms with Crippen molar-refractivity contribution in [2.45, 2.75) is 32.7 Å². The van der Waals surface area contributed by atoms with Crippen LogP contribution in [0.3, 0.4) is 0 Å². The first-order valence-electron chi connectivity index (χ1n) is 11.1. The van der Waals surface area contributed by atoms with Crippen molar-refractivity contribution in [3.05, 3.63) is 64.5 Å². The van der Waals surface area contributed by atoms with Gasteiger partial charge in [-0.1, -0.05) is 6.07 Å². The molecule has 158 valence electrons. The molecule has 0 amide bonds. The molecule has 0 aliphatic carbocycles. The Labute approximate surface area is 180 Å². The molecule has 0 spiro atoms. The summed E-state index contributed by atoms with van der Waals surface area (Å²) in [7, 11) is 0. The molecule has 0 N–H and O–H groups in total. The zero-order chi connectivity index (χ0) is 21.1. The second-order valence-electron chi connectivity index (χ2n) is 8.94. The van der Waals surface area contributed by atoms with Gasteiger partial charge in [0.2, 0.25) is 0 Å². The minimum Gasteiger partial charge on any atom is -0.422 e. The van der Waals surface area contributed by atoms with Crippen LogP contribution in [0.4, 0.5) is 5.69 Å². The van der Waals surface area contributed by atoms with Crippen molar-refractivity contribution in [3.8, 4) is 11.3 Å². The smallest absolute Gasteiger partial charge is 0.344 e. The van der Waals surface area contributed by atoms with Gasteiger partial charge in [0.15, 0.2) is 0 Å². The number of aryl methyl sites for hydroxylation is 2. The lowest BCUT2D eigenvalue weighted by molar-refractivity contribution is 0.231. The molecular weight excluding hydrogens is 388 g/mol. The molecule has 5 heterocycles. The summed E-state index contributed by atoms with van der Waals surface area (Å²) < 4.78 is 7.82. The molecule has 1 aromatic carbocycles. The van der Waals surface area contributed by atoms with Gasteiger partial charge in [0.25, 0.3) is 0 Å². The van der Waals surface area contributed by atoms with E-state index in [-0.39, 0.29) is 5.63 Å². The van der Waals surface area contributed by atoms with E-state index in [1.807, 2.05) is 48.8 Å². The number of hydrogen-bond donors (Lipinski definition) is 0. The van der Waals surface area contributed by atoms with Gasteiger partial charge in [0, 0.05) is 49.3 Å². The summed E-state index contributed by atoms with van der Waals surface area (Å²) in [6.07, 6.45) is 6.56. The fourth-order valence-corrected chi connectivity index (χ4v) is 5.30. The highest BCUT2D eigenvalue weighted by Crippen LogP contribution is 2.30. The van der Waals surface area contributed by atoms with Crippen molar-refractivity contribution in [1.29, 1.82) is 0 Å². The summed E-state index contributed by atoms with van der Waals surface area (Å²) in [5.74, 6) is 0.588. The molecule has 2 aliphatic rings. The fraction of sp³-hybridized carbons (Fsp3) is 0.360. The van der Waals surface area contributed by atoms with Crippen molar-refractivity contribution in [1.82, 2.24) is 14.3 Å². The van der Waals surface area contributed by atoms with E-state index >= 15 is 0 Å². The molecule has 2 fully saturated rings. The first kappa shape index (κ1) is 18.6. The number of rotatable bonds is 2. The number of anilines is 1. The van der Waals surface area contributed by atoms with Crippen LogP contribution < -0.4 is 10.5 Å². The third kappa shape index (κ3) is 3.13. The van der Waals surface area contributed by atoms with Crippen molar-refractivity contribution < 1.29 is 4.42 Å². The molecule has 3 aromatic heterocycles. The Kier molecular flexibility index (Phi) is 4.18. The second kappa shape index (κ2) is 6.95. The number of hydrogen-bond acceptors (Lipinski definition) is 5. The van der Waals surface area contributed by atoms with E-state index in [4.69, 9.17) is 4.42 Å². The fourth-order valence-electron chi connectivity index (χ4n) is 5.30. The number of aromatic nitrogens is 2. The van der Waals surface area contributed by atoms with Gasteiger partial charge in [0.05, 0.1) is 22.3 Å². The highest BCUT2D eigenvalue weighted by Gasteiger charge is 2.30. The summed E-state index contributed by atoms with van der Waals surface area (Å²) in [6.45, 7) is 8.36. The van der Waals surface area contributed by atoms with E-state index in [2.05, 4.69) is 26.9 Å². The molecule has 4 aromatic rings. The van der Waals surface area contributed by atoms with Gasteiger partial charge in [-0.3, -0.25) is 9.88 Å². The average molecular weight is 415 g/mol. The molecule has 0 radical (unpaired) electrons. The van der Waals surface area contributed by atoms with Gasteiger partial charge < -0.3 is 13.7 Å². The third-order valence-corrected chi connectivity index (χ3v) is 6.87. The van der Waals surface area contributed by atoms with Crippen LogP contribution in [0, 0.1) is 13.8 Å². The molecule has 2 aliphatic heterocycles. The number of fused-ring (bicyclic) bond motifs is 3. The van der Waals surface area contributed by atoms with Crippen molar-refractivity contribution in [3.63, 3.8) is 0 Å². The Morgan fingerprint density at radius 3 is 2.87 bits per heavy atom. The van der Waals surface area contributed by atoms with Crippen LogP contribution in [-0.4, -0.2) is 46.5 Å². The Balaban J connectivity index is 1.37. The number of nitrogens with zero attached hydrogens (tertiary/aromatic N) is 4. The molecule has 1 atom stereocenters. The van der Waals surface area contributed by atoms with Crippen molar-refractivity contribution >= 4 is 22.0 Å². The first-order valence-corrected chi connectivity index (χ1v) is 11.1. The predicted octanol–water partition coefficient (Wildman–Crippen LogP) is 4.01. The lowest BCUT2D eigenvalue weighted by atomic mass is 10.1. The molecule has 6 nitrogen and oxygen atoms in total. The summed E-state index contributed by atoms with van der Waals surface area (Å²) in [5, 5.41) is 1.56. The van der Waals surface area contributed by atoms with Gasteiger partial charge in [-0.2, -0.15) is 0 Å².